The summed E-state index contributed by atoms with van der Waals surface area (Å²) < 4.78 is 5.47. The molecule has 0 aromatic carbocycles. The van der Waals surface area contributed by atoms with Gasteiger partial charge in [0, 0.05) is 37.5 Å². The minimum atomic E-state index is 0.817. The lowest BCUT2D eigenvalue weighted by molar-refractivity contribution is 0.112. The monoisotopic (exact) mass is 224 g/mol. The SMILES string of the molecule is c1c(N2CCNCC2)sc2c1COCC2. The number of ether oxygens (including phenoxy) is 1. The molecule has 15 heavy (non-hydrogen) atoms. The van der Waals surface area contributed by atoms with Gasteiger partial charge in [-0.2, -0.15) is 0 Å². The lowest BCUT2D eigenvalue weighted by Crippen LogP contribution is -2.43. The van der Waals surface area contributed by atoms with Crippen molar-refractivity contribution in [2.45, 2.75) is 13.0 Å². The summed E-state index contributed by atoms with van der Waals surface area (Å²) >= 11 is 1.96. The van der Waals surface area contributed by atoms with Crippen LogP contribution in [-0.4, -0.2) is 32.8 Å². The number of thiophene rings is 1. The van der Waals surface area contributed by atoms with Crippen molar-refractivity contribution in [3.8, 4) is 0 Å². The lowest BCUT2D eigenvalue weighted by atomic mass is 10.2. The van der Waals surface area contributed by atoms with Gasteiger partial charge in [0.15, 0.2) is 0 Å². The van der Waals surface area contributed by atoms with Crippen molar-refractivity contribution in [2.75, 3.05) is 37.7 Å². The van der Waals surface area contributed by atoms with Gasteiger partial charge in [-0.15, -0.1) is 11.3 Å². The number of hydrogen-bond acceptors (Lipinski definition) is 4. The highest BCUT2D eigenvalue weighted by atomic mass is 32.1. The fourth-order valence-electron chi connectivity index (χ4n) is 2.17. The smallest absolute Gasteiger partial charge is 0.0915 e. The first-order chi connectivity index (χ1) is 7.43. The third-order valence-electron chi connectivity index (χ3n) is 3.04. The van der Waals surface area contributed by atoms with Crippen LogP contribution in [0.4, 0.5) is 5.00 Å². The molecule has 0 spiro atoms. The molecule has 0 radical (unpaired) electrons. The van der Waals surface area contributed by atoms with E-state index in [1.54, 1.807) is 0 Å². The van der Waals surface area contributed by atoms with Crippen LogP contribution < -0.4 is 10.2 Å². The number of nitrogens with zero attached hydrogens (tertiary/aromatic N) is 1. The standard InChI is InChI=1S/C11H16N2OS/c1-6-14-8-9-7-11(15-10(1)9)13-4-2-12-3-5-13/h7,12H,1-6,8H2. The van der Waals surface area contributed by atoms with Gasteiger partial charge in [-0.05, 0) is 11.6 Å². The Kier molecular flexibility index (Phi) is 2.64. The second-order valence-corrected chi connectivity index (χ2v) is 5.19. The van der Waals surface area contributed by atoms with Gasteiger partial charge < -0.3 is 15.0 Å². The summed E-state index contributed by atoms with van der Waals surface area (Å²) in [5.41, 5.74) is 1.42. The topological polar surface area (TPSA) is 24.5 Å². The Bertz CT molecular complexity index is 321. The van der Waals surface area contributed by atoms with Gasteiger partial charge in [-0.3, -0.25) is 0 Å². The molecule has 1 fully saturated rings. The Morgan fingerprint density at radius 1 is 1.33 bits per heavy atom. The highest BCUT2D eigenvalue weighted by Gasteiger charge is 2.18. The van der Waals surface area contributed by atoms with Crippen molar-refractivity contribution in [1.82, 2.24) is 5.32 Å². The van der Waals surface area contributed by atoms with Crippen LogP contribution in [0.3, 0.4) is 0 Å². The van der Waals surface area contributed by atoms with E-state index in [0.717, 1.165) is 45.8 Å². The molecule has 3 rings (SSSR count). The second-order valence-electron chi connectivity index (χ2n) is 4.07. The summed E-state index contributed by atoms with van der Waals surface area (Å²) in [4.78, 5) is 4.02. The molecule has 0 saturated carbocycles. The van der Waals surface area contributed by atoms with Gasteiger partial charge in [0.1, 0.15) is 0 Å². The number of hydrogen-bond donors (Lipinski definition) is 1. The highest BCUT2D eigenvalue weighted by molar-refractivity contribution is 7.16. The van der Waals surface area contributed by atoms with Crippen molar-refractivity contribution in [2.24, 2.45) is 0 Å². The molecule has 1 saturated heterocycles. The van der Waals surface area contributed by atoms with Crippen molar-refractivity contribution in [1.29, 1.82) is 0 Å². The van der Waals surface area contributed by atoms with Crippen LogP contribution in [0.2, 0.25) is 0 Å². The predicted octanol–water partition coefficient (Wildman–Crippen LogP) is 1.23. The van der Waals surface area contributed by atoms with E-state index in [2.05, 4.69) is 16.3 Å². The third-order valence-corrected chi connectivity index (χ3v) is 4.34. The number of piperazine rings is 1. The summed E-state index contributed by atoms with van der Waals surface area (Å²) in [5.74, 6) is 0. The first-order valence-corrected chi connectivity index (χ1v) is 6.40. The Morgan fingerprint density at radius 2 is 2.20 bits per heavy atom. The quantitative estimate of drug-likeness (QED) is 0.776. The van der Waals surface area contributed by atoms with Crippen molar-refractivity contribution < 1.29 is 4.74 Å². The zero-order valence-corrected chi connectivity index (χ0v) is 9.61. The molecule has 0 unspecified atom stereocenters. The van der Waals surface area contributed by atoms with Gasteiger partial charge in [0.05, 0.1) is 18.2 Å². The van der Waals surface area contributed by atoms with Gasteiger partial charge in [0.25, 0.3) is 0 Å². The molecule has 0 bridgehead atoms. The first kappa shape index (κ1) is 9.63. The molecule has 0 atom stereocenters. The summed E-state index contributed by atoms with van der Waals surface area (Å²) in [5, 5.41) is 4.82. The fourth-order valence-corrected chi connectivity index (χ4v) is 3.37. The molecule has 3 nitrogen and oxygen atoms in total. The van der Waals surface area contributed by atoms with Gasteiger partial charge >= 0.3 is 0 Å². The minimum Gasteiger partial charge on any atom is -0.376 e. The predicted molar refractivity (Wildman–Crippen MR) is 62.8 cm³/mol. The maximum atomic E-state index is 5.47. The van der Waals surface area contributed by atoms with Crippen LogP contribution in [-0.2, 0) is 17.8 Å². The molecule has 3 heterocycles. The van der Waals surface area contributed by atoms with E-state index in [1.807, 2.05) is 11.3 Å². The number of fused-ring (bicyclic) bond motifs is 1. The number of anilines is 1. The van der Waals surface area contributed by atoms with Crippen LogP contribution in [0, 0.1) is 0 Å². The maximum absolute atomic E-state index is 5.47. The van der Waals surface area contributed by atoms with Gasteiger partial charge in [-0.1, -0.05) is 0 Å². The fraction of sp³-hybridized carbons (Fsp3) is 0.636. The average Bonchev–Trinajstić information content (AvgIpc) is 2.74. The zero-order valence-electron chi connectivity index (χ0n) is 8.79. The third kappa shape index (κ3) is 1.89. The van der Waals surface area contributed by atoms with Gasteiger partial charge in [-0.25, -0.2) is 0 Å². The molecule has 0 aliphatic carbocycles. The Hall–Kier alpha value is -0.580. The van der Waals surface area contributed by atoms with Crippen molar-refractivity contribution in [3.63, 3.8) is 0 Å². The summed E-state index contributed by atoms with van der Waals surface area (Å²) in [7, 11) is 0. The molecule has 1 N–H and O–H groups in total. The summed E-state index contributed by atoms with van der Waals surface area (Å²) in [6, 6.07) is 2.32. The minimum absolute atomic E-state index is 0.817. The molecule has 2 aliphatic heterocycles. The Morgan fingerprint density at radius 3 is 3.00 bits per heavy atom. The van der Waals surface area contributed by atoms with E-state index in [1.165, 1.54) is 15.4 Å². The molecule has 82 valence electrons. The molecule has 1 aromatic rings. The maximum Gasteiger partial charge on any atom is 0.0915 e. The highest BCUT2D eigenvalue weighted by Crippen LogP contribution is 2.33. The molecule has 2 aliphatic rings. The van der Waals surface area contributed by atoms with Gasteiger partial charge in [0.2, 0.25) is 0 Å². The van der Waals surface area contributed by atoms with Crippen LogP contribution in [0.1, 0.15) is 10.4 Å². The Balaban J connectivity index is 1.82. The van der Waals surface area contributed by atoms with E-state index in [4.69, 9.17) is 4.74 Å². The molecular weight excluding hydrogens is 208 g/mol. The van der Waals surface area contributed by atoms with Crippen molar-refractivity contribution >= 4 is 16.3 Å². The Labute approximate surface area is 94.0 Å². The van der Waals surface area contributed by atoms with E-state index in [9.17, 15) is 0 Å². The first-order valence-electron chi connectivity index (χ1n) is 5.58. The van der Waals surface area contributed by atoms with E-state index < -0.39 is 0 Å². The van der Waals surface area contributed by atoms with Crippen LogP contribution in [0.5, 0.6) is 0 Å². The molecule has 1 aromatic heterocycles. The van der Waals surface area contributed by atoms with Crippen LogP contribution in [0.15, 0.2) is 6.07 Å². The summed E-state index contributed by atoms with van der Waals surface area (Å²) in [6.07, 6.45) is 1.10. The lowest BCUT2D eigenvalue weighted by Gasteiger charge is -2.27. The largest absolute Gasteiger partial charge is 0.376 e. The number of nitrogens with one attached hydrogen (secondary N) is 1. The molecular formula is C11H16N2OS. The average molecular weight is 224 g/mol. The normalized spacial score (nSPS) is 21.5. The van der Waals surface area contributed by atoms with E-state index >= 15 is 0 Å². The van der Waals surface area contributed by atoms with E-state index in [-0.39, 0.29) is 0 Å². The zero-order chi connectivity index (χ0) is 10.1. The number of rotatable bonds is 1. The van der Waals surface area contributed by atoms with Crippen LogP contribution >= 0.6 is 11.3 Å². The summed E-state index contributed by atoms with van der Waals surface area (Å²) in [6.45, 7) is 6.21. The second kappa shape index (κ2) is 4.12. The molecule has 4 heteroatoms. The van der Waals surface area contributed by atoms with Crippen molar-refractivity contribution in [3.05, 3.63) is 16.5 Å². The van der Waals surface area contributed by atoms with Crippen LogP contribution in [0.25, 0.3) is 0 Å². The molecule has 0 amide bonds. The van der Waals surface area contributed by atoms with E-state index in [0.29, 0.717) is 0 Å².